The molecule has 0 aliphatic rings. The van der Waals surface area contributed by atoms with Crippen LogP contribution in [0.4, 0.5) is 4.39 Å². The number of rotatable bonds is 8. The van der Waals surface area contributed by atoms with Gasteiger partial charge in [0.15, 0.2) is 17.5 Å². The van der Waals surface area contributed by atoms with Crippen LogP contribution in [0.2, 0.25) is 0 Å². The lowest BCUT2D eigenvalue weighted by atomic mass is 10.1. The molecule has 2 aromatic rings. The molecule has 2 atom stereocenters. The van der Waals surface area contributed by atoms with E-state index >= 15 is 0 Å². The SMILES string of the molecule is CCNC(=NCC(O)Cc1ccccc1)NC(C)c1ccc(OC)c(F)c1. The number of benzene rings is 2. The second kappa shape index (κ2) is 10.5. The van der Waals surface area contributed by atoms with Gasteiger partial charge in [-0.05, 0) is 37.1 Å². The van der Waals surface area contributed by atoms with Crippen molar-refractivity contribution in [2.45, 2.75) is 32.4 Å². The molecule has 6 heteroatoms. The van der Waals surface area contributed by atoms with Crippen molar-refractivity contribution >= 4 is 5.96 Å². The number of aliphatic hydroxyl groups is 1. The summed E-state index contributed by atoms with van der Waals surface area (Å²) in [5.74, 6) is 0.396. The zero-order chi connectivity index (χ0) is 19.6. The molecule has 0 spiro atoms. The van der Waals surface area contributed by atoms with E-state index in [1.807, 2.05) is 50.2 Å². The van der Waals surface area contributed by atoms with Crippen LogP contribution < -0.4 is 15.4 Å². The number of aliphatic hydroxyl groups excluding tert-OH is 1. The maximum atomic E-state index is 13.9. The van der Waals surface area contributed by atoms with Gasteiger partial charge in [-0.3, -0.25) is 4.99 Å². The highest BCUT2D eigenvalue weighted by atomic mass is 19.1. The molecule has 0 fully saturated rings. The van der Waals surface area contributed by atoms with Gasteiger partial charge in [-0.15, -0.1) is 0 Å². The topological polar surface area (TPSA) is 65.9 Å². The summed E-state index contributed by atoms with van der Waals surface area (Å²) in [6.45, 7) is 4.85. The number of guanidine groups is 1. The van der Waals surface area contributed by atoms with Crippen molar-refractivity contribution in [1.82, 2.24) is 10.6 Å². The summed E-state index contributed by atoms with van der Waals surface area (Å²) in [5, 5.41) is 16.6. The van der Waals surface area contributed by atoms with Crippen molar-refractivity contribution in [3.8, 4) is 5.75 Å². The van der Waals surface area contributed by atoms with E-state index in [-0.39, 0.29) is 18.3 Å². The van der Waals surface area contributed by atoms with Gasteiger partial charge in [-0.25, -0.2) is 4.39 Å². The average molecular weight is 373 g/mol. The van der Waals surface area contributed by atoms with E-state index in [0.29, 0.717) is 18.9 Å². The molecule has 0 aliphatic heterocycles. The first-order valence-corrected chi connectivity index (χ1v) is 9.13. The van der Waals surface area contributed by atoms with E-state index in [1.54, 1.807) is 6.07 Å². The minimum Gasteiger partial charge on any atom is -0.494 e. The monoisotopic (exact) mass is 373 g/mol. The van der Waals surface area contributed by atoms with Gasteiger partial charge in [0.05, 0.1) is 25.8 Å². The molecule has 0 heterocycles. The molecular formula is C21H28FN3O2. The van der Waals surface area contributed by atoms with Crippen molar-refractivity contribution in [1.29, 1.82) is 0 Å². The molecule has 0 aliphatic carbocycles. The summed E-state index contributed by atoms with van der Waals surface area (Å²) in [5.41, 5.74) is 1.85. The molecule has 0 bridgehead atoms. The highest BCUT2D eigenvalue weighted by molar-refractivity contribution is 5.80. The Hall–Kier alpha value is -2.60. The van der Waals surface area contributed by atoms with Crippen molar-refractivity contribution in [3.05, 3.63) is 65.5 Å². The maximum absolute atomic E-state index is 13.9. The van der Waals surface area contributed by atoms with Crippen LogP contribution >= 0.6 is 0 Å². The molecule has 2 aromatic carbocycles. The Morgan fingerprint density at radius 1 is 1.22 bits per heavy atom. The Labute approximate surface area is 160 Å². The lowest BCUT2D eigenvalue weighted by molar-refractivity contribution is 0.183. The molecule has 3 N–H and O–H groups in total. The molecule has 0 saturated carbocycles. The third-order valence-corrected chi connectivity index (χ3v) is 4.15. The van der Waals surface area contributed by atoms with Crippen LogP contribution in [0.1, 0.15) is 31.0 Å². The van der Waals surface area contributed by atoms with Gasteiger partial charge in [-0.2, -0.15) is 0 Å². The smallest absolute Gasteiger partial charge is 0.191 e. The Morgan fingerprint density at radius 3 is 2.59 bits per heavy atom. The summed E-state index contributed by atoms with van der Waals surface area (Å²) >= 11 is 0. The van der Waals surface area contributed by atoms with Gasteiger partial charge in [-0.1, -0.05) is 36.4 Å². The predicted octanol–water partition coefficient (Wildman–Crippen LogP) is 3.05. The number of halogens is 1. The molecular weight excluding hydrogens is 345 g/mol. The third kappa shape index (κ3) is 6.57. The Balaban J connectivity index is 1.98. The van der Waals surface area contributed by atoms with Crippen LogP contribution in [0.25, 0.3) is 0 Å². The second-order valence-electron chi connectivity index (χ2n) is 6.32. The fourth-order valence-corrected chi connectivity index (χ4v) is 2.71. The van der Waals surface area contributed by atoms with Crippen LogP contribution in [-0.4, -0.2) is 37.4 Å². The molecule has 27 heavy (non-hydrogen) atoms. The number of nitrogens with one attached hydrogen (secondary N) is 2. The van der Waals surface area contributed by atoms with Crippen molar-refractivity contribution in [2.24, 2.45) is 4.99 Å². The Bertz CT molecular complexity index is 737. The number of hydrogen-bond donors (Lipinski definition) is 3. The highest BCUT2D eigenvalue weighted by Crippen LogP contribution is 2.21. The van der Waals surface area contributed by atoms with Gasteiger partial charge in [0, 0.05) is 13.0 Å². The fraction of sp³-hybridized carbons (Fsp3) is 0.381. The lowest BCUT2D eigenvalue weighted by Gasteiger charge is -2.19. The molecule has 2 unspecified atom stereocenters. The molecule has 0 aromatic heterocycles. The first kappa shape index (κ1) is 20.7. The Morgan fingerprint density at radius 2 is 1.96 bits per heavy atom. The number of methoxy groups -OCH3 is 1. The van der Waals surface area contributed by atoms with Crippen LogP contribution in [0, 0.1) is 5.82 Å². The lowest BCUT2D eigenvalue weighted by Crippen LogP contribution is -2.39. The fourth-order valence-electron chi connectivity index (χ4n) is 2.71. The van der Waals surface area contributed by atoms with Crippen molar-refractivity contribution in [2.75, 3.05) is 20.2 Å². The number of nitrogens with zero attached hydrogens (tertiary/aromatic N) is 1. The minimum atomic E-state index is -0.573. The average Bonchev–Trinajstić information content (AvgIpc) is 2.67. The summed E-state index contributed by atoms with van der Waals surface area (Å²) in [6, 6.07) is 14.5. The highest BCUT2D eigenvalue weighted by Gasteiger charge is 2.12. The van der Waals surface area contributed by atoms with E-state index in [2.05, 4.69) is 15.6 Å². The van der Waals surface area contributed by atoms with Gasteiger partial charge in [0.2, 0.25) is 0 Å². The number of ether oxygens (including phenoxy) is 1. The van der Waals surface area contributed by atoms with Crippen LogP contribution in [0.3, 0.4) is 0 Å². The van der Waals surface area contributed by atoms with E-state index in [0.717, 1.165) is 11.1 Å². The van der Waals surface area contributed by atoms with Gasteiger partial charge < -0.3 is 20.5 Å². The van der Waals surface area contributed by atoms with Crippen LogP contribution in [0.15, 0.2) is 53.5 Å². The third-order valence-electron chi connectivity index (χ3n) is 4.15. The van der Waals surface area contributed by atoms with E-state index in [4.69, 9.17) is 4.74 Å². The Kier molecular flexibility index (Phi) is 8.07. The van der Waals surface area contributed by atoms with Crippen molar-refractivity contribution < 1.29 is 14.2 Å². The molecule has 0 saturated heterocycles. The number of hydrogen-bond acceptors (Lipinski definition) is 3. The molecule has 146 valence electrons. The maximum Gasteiger partial charge on any atom is 0.191 e. The van der Waals surface area contributed by atoms with Gasteiger partial charge >= 0.3 is 0 Å². The van der Waals surface area contributed by atoms with Gasteiger partial charge in [0.25, 0.3) is 0 Å². The first-order chi connectivity index (χ1) is 13.0. The number of aliphatic imine (C=N–C) groups is 1. The molecule has 2 rings (SSSR count). The second-order valence-corrected chi connectivity index (χ2v) is 6.32. The summed E-state index contributed by atoms with van der Waals surface area (Å²) in [4.78, 5) is 4.46. The van der Waals surface area contributed by atoms with E-state index < -0.39 is 11.9 Å². The van der Waals surface area contributed by atoms with E-state index in [9.17, 15) is 9.50 Å². The molecule has 0 amide bonds. The summed E-state index contributed by atoms with van der Waals surface area (Å²) < 4.78 is 18.9. The zero-order valence-electron chi connectivity index (χ0n) is 16.1. The van der Waals surface area contributed by atoms with Gasteiger partial charge in [0.1, 0.15) is 0 Å². The largest absolute Gasteiger partial charge is 0.494 e. The predicted molar refractivity (Wildman–Crippen MR) is 107 cm³/mol. The zero-order valence-corrected chi connectivity index (χ0v) is 16.1. The first-order valence-electron chi connectivity index (χ1n) is 9.13. The quantitative estimate of drug-likeness (QED) is 0.492. The minimum absolute atomic E-state index is 0.158. The van der Waals surface area contributed by atoms with Crippen molar-refractivity contribution in [3.63, 3.8) is 0 Å². The van der Waals surface area contributed by atoms with E-state index in [1.165, 1.54) is 13.2 Å². The molecule has 0 radical (unpaired) electrons. The van der Waals surface area contributed by atoms with Crippen LogP contribution in [0.5, 0.6) is 5.75 Å². The standard InChI is InChI=1S/C21H28FN3O2/c1-4-23-21(24-14-18(26)12-16-8-6-5-7-9-16)25-15(2)17-10-11-20(27-3)19(22)13-17/h5-11,13,15,18,26H,4,12,14H2,1-3H3,(H2,23,24,25). The molecule has 5 nitrogen and oxygen atoms in total. The summed E-state index contributed by atoms with van der Waals surface area (Å²) in [6.07, 6.45) is -0.0280. The summed E-state index contributed by atoms with van der Waals surface area (Å²) in [7, 11) is 1.44. The normalized spacial score (nSPS) is 13.7. The van der Waals surface area contributed by atoms with Crippen LogP contribution in [-0.2, 0) is 6.42 Å².